The van der Waals surface area contributed by atoms with Crippen LogP contribution >= 0.6 is 0 Å². The maximum absolute atomic E-state index is 13.3. The van der Waals surface area contributed by atoms with Crippen molar-refractivity contribution in [2.45, 2.75) is 24.9 Å². The van der Waals surface area contributed by atoms with Crippen molar-refractivity contribution in [3.63, 3.8) is 0 Å². The van der Waals surface area contributed by atoms with Crippen molar-refractivity contribution in [2.24, 2.45) is 0 Å². The second-order valence-corrected chi connectivity index (χ2v) is 6.11. The van der Waals surface area contributed by atoms with Gasteiger partial charge in [-0.3, -0.25) is 4.79 Å². The minimum atomic E-state index is -0.639. The van der Waals surface area contributed by atoms with Crippen LogP contribution in [-0.4, -0.2) is 10.9 Å². The Morgan fingerprint density at radius 1 is 1.05 bits per heavy atom. The normalized spacial score (nSPS) is 18.6. The zero-order valence-electron chi connectivity index (χ0n) is 12.0. The van der Waals surface area contributed by atoms with Gasteiger partial charge in [0.1, 0.15) is 5.82 Å². The molecule has 0 atom stereocenters. The third kappa shape index (κ3) is 2.18. The molecule has 0 heterocycles. The van der Waals surface area contributed by atoms with E-state index in [0.717, 1.165) is 35.1 Å². The molecule has 2 nitrogen and oxygen atoms in total. The van der Waals surface area contributed by atoms with Crippen molar-refractivity contribution < 1.29 is 14.3 Å². The first-order valence-electron chi connectivity index (χ1n) is 7.42. The highest BCUT2D eigenvalue weighted by atomic mass is 19.1. The van der Waals surface area contributed by atoms with Gasteiger partial charge < -0.3 is 5.11 Å². The number of halogens is 1. The minimum Gasteiger partial charge on any atom is -0.385 e. The Bertz CT molecular complexity index is 799. The molecule has 0 radical (unpaired) electrons. The van der Waals surface area contributed by atoms with Gasteiger partial charge in [0.05, 0.1) is 5.60 Å². The van der Waals surface area contributed by atoms with Gasteiger partial charge in [-0.1, -0.05) is 30.3 Å². The van der Waals surface area contributed by atoms with Crippen molar-refractivity contribution >= 4 is 17.4 Å². The summed E-state index contributed by atoms with van der Waals surface area (Å²) in [4.78, 5) is 12.2. The van der Waals surface area contributed by atoms with Gasteiger partial charge in [0.15, 0.2) is 5.78 Å². The molecule has 0 unspecified atom stereocenters. The molecule has 1 N–H and O–H groups in total. The summed E-state index contributed by atoms with van der Waals surface area (Å²) >= 11 is 0. The largest absolute Gasteiger partial charge is 0.385 e. The highest BCUT2D eigenvalue weighted by molar-refractivity contribution is 6.11. The lowest BCUT2D eigenvalue weighted by Gasteiger charge is -2.17. The fourth-order valence-corrected chi connectivity index (χ4v) is 2.99. The summed E-state index contributed by atoms with van der Waals surface area (Å²) in [5.41, 5.74) is 3.40. The van der Waals surface area contributed by atoms with Crippen LogP contribution in [0.25, 0.3) is 11.6 Å². The predicted molar refractivity (Wildman–Crippen MR) is 82.8 cm³/mol. The molecule has 2 aromatic rings. The molecule has 1 saturated carbocycles. The molecule has 2 aliphatic rings. The van der Waals surface area contributed by atoms with Crippen LogP contribution in [0, 0.1) is 5.82 Å². The molecule has 0 spiro atoms. The average molecular weight is 294 g/mol. The number of rotatable bonds is 2. The van der Waals surface area contributed by atoms with E-state index >= 15 is 0 Å². The number of carbonyl (C=O) groups is 1. The highest BCUT2D eigenvalue weighted by Gasteiger charge is 2.41. The van der Waals surface area contributed by atoms with Gasteiger partial charge in [-0.2, -0.15) is 0 Å². The van der Waals surface area contributed by atoms with Crippen molar-refractivity contribution in [1.29, 1.82) is 0 Å². The van der Waals surface area contributed by atoms with E-state index in [2.05, 4.69) is 0 Å². The molecule has 1 fully saturated rings. The fourth-order valence-electron chi connectivity index (χ4n) is 2.99. The Labute approximate surface area is 127 Å². The molecular weight excluding hydrogens is 279 g/mol. The molecule has 4 rings (SSSR count). The zero-order chi connectivity index (χ0) is 15.3. The first-order valence-corrected chi connectivity index (χ1v) is 7.42. The van der Waals surface area contributed by atoms with Crippen LogP contribution in [0.3, 0.4) is 0 Å². The predicted octanol–water partition coefficient (Wildman–Crippen LogP) is 3.93. The number of Topliss-reactive ketones (excluding diaryl/α,β-unsaturated/α-hetero) is 1. The number of hydrogen-bond acceptors (Lipinski definition) is 2. The van der Waals surface area contributed by atoms with Gasteiger partial charge >= 0.3 is 0 Å². The Balaban J connectivity index is 1.71. The molecule has 0 aromatic heterocycles. The molecule has 0 aliphatic heterocycles. The van der Waals surface area contributed by atoms with Gasteiger partial charge in [0.2, 0.25) is 0 Å². The molecular formula is C19H15FO2. The van der Waals surface area contributed by atoms with Crippen LogP contribution in [0.2, 0.25) is 0 Å². The monoisotopic (exact) mass is 294 g/mol. The van der Waals surface area contributed by atoms with E-state index in [0.29, 0.717) is 5.56 Å². The summed E-state index contributed by atoms with van der Waals surface area (Å²) in [6, 6.07) is 12.1. The van der Waals surface area contributed by atoms with Crippen molar-refractivity contribution in [2.75, 3.05) is 0 Å². The lowest BCUT2D eigenvalue weighted by Crippen LogP contribution is -2.09. The summed E-state index contributed by atoms with van der Waals surface area (Å²) in [5, 5.41) is 10.1. The third-order valence-corrected chi connectivity index (χ3v) is 4.51. The van der Waals surface area contributed by atoms with E-state index < -0.39 is 5.60 Å². The quantitative estimate of drug-likeness (QED) is 0.911. The summed E-state index contributed by atoms with van der Waals surface area (Å²) in [5.74, 6) is -0.442. The molecule has 2 aromatic carbocycles. The average Bonchev–Trinajstić information content (AvgIpc) is 3.27. The highest BCUT2D eigenvalue weighted by Crippen LogP contribution is 2.45. The lowest BCUT2D eigenvalue weighted by molar-refractivity contribution is 0.0996. The summed E-state index contributed by atoms with van der Waals surface area (Å²) < 4.78 is 13.3. The first-order chi connectivity index (χ1) is 10.5. The van der Waals surface area contributed by atoms with E-state index in [1.54, 1.807) is 6.07 Å². The van der Waals surface area contributed by atoms with Crippen molar-refractivity contribution in [1.82, 2.24) is 0 Å². The van der Waals surface area contributed by atoms with Crippen LogP contribution in [0.15, 0.2) is 42.5 Å². The second kappa shape index (κ2) is 4.62. The molecule has 0 amide bonds. The first kappa shape index (κ1) is 13.4. The van der Waals surface area contributed by atoms with E-state index in [9.17, 15) is 14.3 Å². The van der Waals surface area contributed by atoms with E-state index in [1.807, 2.05) is 30.3 Å². The summed E-state index contributed by atoms with van der Waals surface area (Å²) in [7, 11) is 0. The maximum Gasteiger partial charge on any atom is 0.167 e. The Morgan fingerprint density at radius 2 is 1.77 bits per heavy atom. The van der Waals surface area contributed by atoms with Crippen molar-refractivity contribution in [3.05, 3.63) is 70.5 Å². The Hall–Kier alpha value is -2.26. The summed E-state index contributed by atoms with van der Waals surface area (Å²) in [6.07, 6.45) is 3.84. The van der Waals surface area contributed by atoms with Crippen LogP contribution < -0.4 is 0 Å². The van der Waals surface area contributed by atoms with Gasteiger partial charge in [0.25, 0.3) is 0 Å². The summed E-state index contributed by atoms with van der Waals surface area (Å²) in [6.45, 7) is 0. The zero-order valence-corrected chi connectivity index (χ0v) is 12.0. The molecule has 3 heteroatoms. The van der Waals surface area contributed by atoms with E-state index in [4.69, 9.17) is 0 Å². The minimum absolute atomic E-state index is 0.0584. The topological polar surface area (TPSA) is 37.3 Å². The number of aliphatic hydroxyl groups is 1. The molecule has 0 bridgehead atoms. The van der Waals surface area contributed by atoms with Crippen LogP contribution in [-0.2, 0) is 5.60 Å². The van der Waals surface area contributed by atoms with Gasteiger partial charge in [-0.25, -0.2) is 4.39 Å². The molecule has 2 aliphatic carbocycles. The van der Waals surface area contributed by atoms with E-state index in [1.165, 1.54) is 12.1 Å². The van der Waals surface area contributed by atoms with E-state index in [-0.39, 0.29) is 18.0 Å². The Morgan fingerprint density at radius 3 is 2.45 bits per heavy atom. The number of fused-ring (bicyclic) bond motifs is 1. The third-order valence-electron chi connectivity index (χ3n) is 4.51. The number of benzene rings is 2. The number of hydrogen-bond donors (Lipinski definition) is 1. The molecule has 22 heavy (non-hydrogen) atoms. The second-order valence-electron chi connectivity index (χ2n) is 6.11. The maximum atomic E-state index is 13.3. The molecule has 110 valence electrons. The lowest BCUT2D eigenvalue weighted by atomic mass is 9.87. The van der Waals surface area contributed by atoms with Gasteiger partial charge in [0, 0.05) is 12.0 Å². The van der Waals surface area contributed by atoms with Crippen LogP contribution in [0.4, 0.5) is 4.39 Å². The number of ketones is 1. The molecule has 0 saturated heterocycles. The number of carbonyl (C=O) groups excluding carboxylic acids is 1. The SMILES string of the molecule is O=C1CC(c2ccc(C3(O)CC3)cc2)=Cc2ccc(F)cc21. The standard InChI is InChI=1S/C19H15FO2/c20-16-6-3-13-9-14(10-18(21)17(13)11-16)12-1-4-15(5-2-12)19(22)7-8-19/h1-6,9,11,22H,7-8,10H2. The van der Waals surface area contributed by atoms with Crippen LogP contribution in [0.1, 0.15) is 46.3 Å². The van der Waals surface area contributed by atoms with Crippen LogP contribution in [0.5, 0.6) is 0 Å². The number of allylic oxidation sites excluding steroid dienone is 1. The van der Waals surface area contributed by atoms with Gasteiger partial charge in [-0.05, 0) is 53.3 Å². The van der Waals surface area contributed by atoms with Crippen molar-refractivity contribution in [3.8, 4) is 0 Å². The Kier molecular flexibility index (Phi) is 2.81. The fraction of sp³-hybridized carbons (Fsp3) is 0.211. The smallest absolute Gasteiger partial charge is 0.167 e. The van der Waals surface area contributed by atoms with Gasteiger partial charge in [-0.15, -0.1) is 0 Å².